The Labute approximate surface area is 171 Å². The number of nitrogens with one attached hydrogen (secondary N) is 1. The Morgan fingerprint density at radius 2 is 1.69 bits per heavy atom. The summed E-state index contributed by atoms with van der Waals surface area (Å²) < 4.78 is 3.14. The van der Waals surface area contributed by atoms with E-state index in [1.807, 2.05) is 60.7 Å². The zero-order valence-electron chi connectivity index (χ0n) is 15.6. The highest BCUT2D eigenvalue weighted by molar-refractivity contribution is 7.99. The number of carbonyl (C=O) groups excluding carboxylic acids is 1. The molecule has 0 bridgehead atoms. The zero-order chi connectivity index (χ0) is 20.1. The Kier molecular flexibility index (Phi) is 5.71. The van der Waals surface area contributed by atoms with Gasteiger partial charge in [-0.1, -0.05) is 60.3 Å². The highest BCUT2D eigenvalue weighted by atomic mass is 32.2. The second-order valence-electron chi connectivity index (χ2n) is 6.36. The fourth-order valence-corrected chi connectivity index (χ4v) is 3.68. The molecule has 0 fully saturated rings. The van der Waals surface area contributed by atoms with Gasteiger partial charge in [-0.25, -0.2) is 0 Å². The Balaban J connectivity index is 1.39. The molecule has 2 heterocycles. The van der Waals surface area contributed by atoms with Gasteiger partial charge in [0.15, 0.2) is 5.16 Å². The van der Waals surface area contributed by atoms with Crippen molar-refractivity contribution in [2.24, 2.45) is 0 Å². The molecule has 0 aliphatic heterocycles. The van der Waals surface area contributed by atoms with Crippen LogP contribution in [0.1, 0.15) is 5.56 Å². The van der Waals surface area contributed by atoms with Crippen molar-refractivity contribution in [3.05, 3.63) is 89.0 Å². The molecule has 0 aliphatic carbocycles. The van der Waals surface area contributed by atoms with E-state index in [0.29, 0.717) is 11.7 Å². The summed E-state index contributed by atoms with van der Waals surface area (Å²) >= 11 is 1.25. The van der Waals surface area contributed by atoms with Crippen molar-refractivity contribution in [2.75, 3.05) is 12.3 Å². The van der Waals surface area contributed by atoms with Crippen LogP contribution in [0.25, 0.3) is 11.3 Å². The first-order chi connectivity index (χ1) is 14.2. The van der Waals surface area contributed by atoms with Crippen LogP contribution in [-0.4, -0.2) is 37.4 Å². The van der Waals surface area contributed by atoms with Crippen molar-refractivity contribution >= 4 is 23.3 Å². The summed E-state index contributed by atoms with van der Waals surface area (Å²) in [7, 11) is 0. The lowest BCUT2D eigenvalue weighted by Crippen LogP contribution is -2.27. The Bertz CT molecular complexity index is 1170. The molecule has 0 unspecified atom stereocenters. The van der Waals surface area contributed by atoms with Gasteiger partial charge in [-0.2, -0.15) is 0 Å². The fraction of sp³-hybridized carbons (Fsp3) is 0.143. The summed E-state index contributed by atoms with van der Waals surface area (Å²) in [5.41, 5.74) is 1.90. The second-order valence-corrected chi connectivity index (χ2v) is 7.30. The fourth-order valence-electron chi connectivity index (χ4n) is 2.93. The standard InChI is InChI=1S/C21H19N5O2S/c27-18(22-12-11-16-7-3-1-4-8-16)15-29-21-24-23-19-20(28)25(13-14-26(19)21)17-9-5-2-6-10-17/h1-10,13-14H,11-12,15H2,(H,22,27). The highest BCUT2D eigenvalue weighted by Gasteiger charge is 2.13. The van der Waals surface area contributed by atoms with E-state index in [-0.39, 0.29) is 22.9 Å². The lowest BCUT2D eigenvalue weighted by Gasteiger charge is -2.06. The van der Waals surface area contributed by atoms with Crippen molar-refractivity contribution in [1.82, 2.24) is 24.5 Å². The SMILES string of the molecule is O=C(CSc1nnc2c(=O)n(-c3ccccc3)ccn12)NCCc1ccccc1. The third kappa shape index (κ3) is 4.38. The van der Waals surface area contributed by atoms with Gasteiger partial charge in [-0.3, -0.25) is 18.6 Å². The zero-order valence-corrected chi connectivity index (χ0v) is 16.4. The molecule has 0 saturated carbocycles. The minimum absolute atomic E-state index is 0.0830. The highest BCUT2D eigenvalue weighted by Crippen LogP contribution is 2.15. The molecule has 8 heteroatoms. The monoisotopic (exact) mass is 405 g/mol. The van der Waals surface area contributed by atoms with Crippen LogP contribution >= 0.6 is 11.8 Å². The maximum atomic E-state index is 12.7. The van der Waals surface area contributed by atoms with Crippen LogP contribution < -0.4 is 10.9 Å². The molecule has 0 atom stereocenters. The Hall–Kier alpha value is -3.39. The smallest absolute Gasteiger partial charge is 0.300 e. The quantitative estimate of drug-likeness (QED) is 0.477. The summed E-state index contributed by atoms with van der Waals surface area (Å²) in [6.45, 7) is 0.575. The van der Waals surface area contributed by atoms with Crippen LogP contribution in [0.2, 0.25) is 0 Å². The molecule has 7 nitrogen and oxygen atoms in total. The third-order valence-electron chi connectivity index (χ3n) is 4.38. The summed E-state index contributed by atoms with van der Waals surface area (Å²) in [5, 5.41) is 11.5. The second kappa shape index (κ2) is 8.74. The predicted octanol–water partition coefficient (Wildman–Crippen LogP) is 2.33. The van der Waals surface area contributed by atoms with Gasteiger partial charge in [0.25, 0.3) is 0 Å². The number of para-hydroxylation sites is 1. The number of hydrogen-bond acceptors (Lipinski definition) is 5. The number of fused-ring (bicyclic) bond motifs is 1. The van der Waals surface area contributed by atoms with Crippen LogP contribution in [0, 0.1) is 0 Å². The molecule has 0 spiro atoms. The van der Waals surface area contributed by atoms with Crippen molar-refractivity contribution in [1.29, 1.82) is 0 Å². The van der Waals surface area contributed by atoms with Gasteiger partial charge in [0.2, 0.25) is 11.6 Å². The molecule has 2 aromatic heterocycles. The van der Waals surface area contributed by atoms with E-state index in [2.05, 4.69) is 15.5 Å². The van der Waals surface area contributed by atoms with Gasteiger partial charge in [0, 0.05) is 24.6 Å². The molecular weight excluding hydrogens is 386 g/mol. The Morgan fingerprint density at radius 3 is 2.45 bits per heavy atom. The van der Waals surface area contributed by atoms with Crippen molar-refractivity contribution in [2.45, 2.75) is 11.6 Å². The third-order valence-corrected chi connectivity index (χ3v) is 5.33. The lowest BCUT2D eigenvalue weighted by atomic mass is 10.1. The van der Waals surface area contributed by atoms with Gasteiger partial charge in [0.1, 0.15) is 0 Å². The van der Waals surface area contributed by atoms with Crippen LogP contribution in [0.3, 0.4) is 0 Å². The van der Waals surface area contributed by atoms with Gasteiger partial charge in [-0.05, 0) is 24.1 Å². The van der Waals surface area contributed by atoms with Crippen molar-refractivity contribution < 1.29 is 4.79 Å². The van der Waals surface area contributed by atoms with Crippen LogP contribution in [0.4, 0.5) is 0 Å². The number of aromatic nitrogens is 4. The number of carbonyl (C=O) groups is 1. The van der Waals surface area contributed by atoms with Crippen LogP contribution in [0.15, 0.2) is 83.0 Å². The van der Waals surface area contributed by atoms with Crippen LogP contribution in [-0.2, 0) is 11.2 Å². The van der Waals surface area contributed by atoms with Gasteiger partial charge < -0.3 is 5.32 Å². The largest absolute Gasteiger partial charge is 0.355 e. The molecule has 29 heavy (non-hydrogen) atoms. The maximum Gasteiger partial charge on any atom is 0.300 e. The molecule has 1 N–H and O–H groups in total. The van der Waals surface area contributed by atoms with Crippen molar-refractivity contribution in [3.63, 3.8) is 0 Å². The summed E-state index contributed by atoms with van der Waals surface area (Å²) in [6.07, 6.45) is 4.20. The number of nitrogens with zero attached hydrogens (tertiary/aromatic N) is 4. The van der Waals surface area contributed by atoms with E-state index in [1.54, 1.807) is 16.8 Å². The van der Waals surface area contributed by atoms with Gasteiger partial charge >= 0.3 is 5.56 Å². The normalized spacial score (nSPS) is 10.9. The molecule has 0 saturated heterocycles. The number of amides is 1. The number of hydrogen-bond donors (Lipinski definition) is 1. The summed E-state index contributed by atoms with van der Waals surface area (Å²) in [5.74, 6) is 0.123. The number of benzene rings is 2. The average Bonchev–Trinajstić information content (AvgIpc) is 3.18. The molecule has 2 aromatic carbocycles. The first-order valence-electron chi connectivity index (χ1n) is 9.17. The van der Waals surface area contributed by atoms with E-state index >= 15 is 0 Å². The summed E-state index contributed by atoms with van der Waals surface area (Å²) in [4.78, 5) is 24.8. The first kappa shape index (κ1) is 18.9. The molecular formula is C21H19N5O2S. The minimum atomic E-state index is -0.259. The van der Waals surface area contributed by atoms with E-state index in [9.17, 15) is 9.59 Å². The first-order valence-corrected chi connectivity index (χ1v) is 10.2. The van der Waals surface area contributed by atoms with Gasteiger partial charge in [0.05, 0.1) is 5.75 Å². The number of thioether (sulfide) groups is 1. The van der Waals surface area contributed by atoms with E-state index in [4.69, 9.17) is 0 Å². The van der Waals surface area contributed by atoms with E-state index < -0.39 is 0 Å². The number of rotatable bonds is 7. The summed E-state index contributed by atoms with van der Waals surface area (Å²) in [6, 6.07) is 19.3. The topological polar surface area (TPSA) is 81.3 Å². The maximum absolute atomic E-state index is 12.7. The minimum Gasteiger partial charge on any atom is -0.355 e. The van der Waals surface area contributed by atoms with E-state index in [1.165, 1.54) is 21.9 Å². The van der Waals surface area contributed by atoms with Crippen LogP contribution in [0.5, 0.6) is 0 Å². The molecule has 4 rings (SSSR count). The Morgan fingerprint density at radius 1 is 0.966 bits per heavy atom. The predicted molar refractivity (Wildman–Crippen MR) is 112 cm³/mol. The molecule has 1 amide bonds. The molecule has 0 aliphatic rings. The lowest BCUT2D eigenvalue weighted by molar-refractivity contribution is -0.118. The molecule has 4 aromatic rings. The van der Waals surface area contributed by atoms with Gasteiger partial charge in [-0.15, -0.1) is 10.2 Å². The average molecular weight is 405 g/mol. The van der Waals surface area contributed by atoms with Crippen molar-refractivity contribution in [3.8, 4) is 5.69 Å². The molecule has 146 valence electrons. The van der Waals surface area contributed by atoms with E-state index in [0.717, 1.165) is 12.1 Å². The molecule has 0 radical (unpaired) electrons.